The van der Waals surface area contributed by atoms with Crippen molar-refractivity contribution in [3.8, 4) is 0 Å². The third-order valence-electron chi connectivity index (χ3n) is 1.33. The van der Waals surface area contributed by atoms with Crippen molar-refractivity contribution in [2.24, 2.45) is 0 Å². The zero-order valence-electron chi connectivity index (χ0n) is 5.51. The fourth-order valence-electron chi connectivity index (χ4n) is 0.0831. The predicted molar refractivity (Wildman–Crippen MR) is 43.5 cm³/mol. The van der Waals surface area contributed by atoms with Gasteiger partial charge in [0.15, 0.2) is 0 Å². The molecule has 0 fully saturated rings. The molecule has 1 N–H and O–H groups in total. The molecule has 0 amide bonds. The molecule has 0 aliphatic rings. The summed E-state index contributed by atoms with van der Waals surface area (Å²) in [7, 11) is 2.67. The normalized spacial score (nSPS) is 16.1. The number of rotatable bonds is 2. The van der Waals surface area contributed by atoms with Gasteiger partial charge < -0.3 is 4.55 Å². The van der Waals surface area contributed by atoms with E-state index in [1.807, 2.05) is 13.8 Å². The summed E-state index contributed by atoms with van der Waals surface area (Å²) in [5.74, 6) is 0. The van der Waals surface area contributed by atoms with E-state index in [2.05, 4.69) is 16.2 Å². The molecule has 0 spiro atoms. The maximum absolute atomic E-state index is 8.67. The minimum Gasteiger partial charge on any atom is -0.329 e. The predicted octanol–water partition coefficient (Wildman–Crippen LogP) is 2.23. The van der Waals surface area contributed by atoms with Gasteiger partial charge in [0.05, 0.1) is 0 Å². The Morgan fingerprint density at radius 3 is 2.00 bits per heavy atom. The van der Waals surface area contributed by atoms with E-state index in [-0.39, 0.29) is 4.75 Å². The summed E-state index contributed by atoms with van der Waals surface area (Å²) in [5.41, 5.74) is 0.442. The lowest BCUT2D eigenvalue weighted by Crippen LogP contribution is -2.24. The Morgan fingerprint density at radius 1 is 1.62 bits per heavy atom. The van der Waals surface area contributed by atoms with Crippen LogP contribution in [0.4, 0.5) is 0 Å². The fourth-order valence-corrected chi connectivity index (χ4v) is 0.432. The average Bonchev–Trinajstić information content (AvgIpc) is 1.67. The van der Waals surface area contributed by atoms with Gasteiger partial charge in [0.25, 0.3) is 0 Å². The van der Waals surface area contributed by atoms with Crippen molar-refractivity contribution < 1.29 is 4.55 Å². The molecule has 3 heteroatoms. The van der Waals surface area contributed by atoms with Crippen LogP contribution in [0, 0.1) is 0 Å². The van der Waals surface area contributed by atoms with Crippen LogP contribution >= 0.6 is 21.3 Å². The van der Waals surface area contributed by atoms with Crippen LogP contribution in [0.5, 0.6) is 0 Å². The van der Waals surface area contributed by atoms with E-state index in [9.17, 15) is 0 Å². The Balaban J connectivity index is 3.71. The van der Waals surface area contributed by atoms with Crippen LogP contribution in [0.3, 0.4) is 0 Å². The van der Waals surface area contributed by atoms with Crippen LogP contribution in [-0.2, 0) is 0 Å². The van der Waals surface area contributed by atoms with E-state index < -0.39 is 0 Å². The molecule has 0 rings (SSSR count). The van der Waals surface area contributed by atoms with Crippen molar-refractivity contribution in [1.29, 1.82) is 0 Å². The second kappa shape index (κ2) is 3.05. The van der Waals surface area contributed by atoms with Gasteiger partial charge in [-0.05, 0) is 31.5 Å². The molecule has 1 nitrogen and oxygen atoms in total. The van der Waals surface area contributed by atoms with Gasteiger partial charge in [-0.3, -0.25) is 0 Å². The standard InChI is InChI=1S/C5H13OPS/c1-4(7)5(2,3)8-6/h4,6H,7H2,1-3H3. The minimum atomic E-state index is -0.0231. The molecule has 2 atom stereocenters. The highest BCUT2D eigenvalue weighted by atomic mass is 32.2. The fraction of sp³-hybridized carbons (Fsp3) is 1.00. The molecule has 0 bridgehead atoms. The van der Waals surface area contributed by atoms with E-state index in [4.69, 9.17) is 4.55 Å². The molecule has 8 heavy (non-hydrogen) atoms. The van der Waals surface area contributed by atoms with Crippen LogP contribution in [0.25, 0.3) is 0 Å². The van der Waals surface area contributed by atoms with E-state index in [1.165, 1.54) is 0 Å². The van der Waals surface area contributed by atoms with Gasteiger partial charge in [-0.15, -0.1) is 9.24 Å². The molecule has 0 aliphatic carbocycles. The largest absolute Gasteiger partial charge is 0.329 e. The summed E-state index contributed by atoms with van der Waals surface area (Å²) < 4.78 is 8.64. The molecular formula is C5H13OPS. The van der Waals surface area contributed by atoms with Gasteiger partial charge >= 0.3 is 0 Å². The molecule has 0 saturated carbocycles. The first-order chi connectivity index (χ1) is 3.50. The lowest BCUT2D eigenvalue weighted by Gasteiger charge is -2.23. The molecule has 0 heterocycles. The van der Waals surface area contributed by atoms with E-state index >= 15 is 0 Å². The number of hydrogen-bond acceptors (Lipinski definition) is 2. The van der Waals surface area contributed by atoms with E-state index in [1.54, 1.807) is 0 Å². The topological polar surface area (TPSA) is 20.2 Å². The van der Waals surface area contributed by atoms with Gasteiger partial charge in [-0.1, -0.05) is 6.92 Å². The Labute approximate surface area is 57.7 Å². The summed E-state index contributed by atoms with van der Waals surface area (Å²) in [6, 6.07) is 0. The quantitative estimate of drug-likeness (QED) is 0.483. The first-order valence-electron chi connectivity index (χ1n) is 2.59. The summed E-state index contributed by atoms with van der Waals surface area (Å²) >= 11 is 0.914. The average molecular weight is 152 g/mol. The molecule has 0 aromatic rings. The lowest BCUT2D eigenvalue weighted by atomic mass is 10.1. The smallest absolute Gasteiger partial charge is 0.0423 e. The van der Waals surface area contributed by atoms with Crippen molar-refractivity contribution in [3.05, 3.63) is 0 Å². The third kappa shape index (κ3) is 2.34. The van der Waals surface area contributed by atoms with Crippen molar-refractivity contribution in [3.63, 3.8) is 0 Å². The highest BCUT2D eigenvalue weighted by molar-refractivity contribution is 7.95. The van der Waals surface area contributed by atoms with Crippen molar-refractivity contribution in [2.45, 2.75) is 31.2 Å². The summed E-state index contributed by atoms with van der Waals surface area (Å²) in [4.78, 5) is 0. The third-order valence-corrected chi connectivity index (χ3v) is 3.25. The Kier molecular flexibility index (Phi) is 3.33. The monoisotopic (exact) mass is 152 g/mol. The number of hydrogen-bond donors (Lipinski definition) is 1. The maximum Gasteiger partial charge on any atom is 0.0423 e. The van der Waals surface area contributed by atoms with Gasteiger partial charge in [0, 0.05) is 4.75 Å². The summed E-state index contributed by atoms with van der Waals surface area (Å²) in [6.07, 6.45) is 0. The molecule has 50 valence electrons. The molecular weight excluding hydrogens is 139 g/mol. The molecule has 0 saturated heterocycles. The SMILES string of the molecule is CC(P)C(C)(C)SO. The van der Waals surface area contributed by atoms with Crippen LogP contribution in [0.2, 0.25) is 0 Å². The summed E-state index contributed by atoms with van der Waals surface area (Å²) in [5, 5.41) is 0. The second-order valence-corrected chi connectivity index (χ2v) is 4.72. The van der Waals surface area contributed by atoms with Crippen LogP contribution in [-0.4, -0.2) is 15.0 Å². The highest BCUT2D eigenvalue weighted by Gasteiger charge is 2.22. The Hall–Kier alpha value is 0.740. The van der Waals surface area contributed by atoms with Crippen molar-refractivity contribution >= 4 is 21.3 Å². The lowest BCUT2D eigenvalue weighted by molar-refractivity contribution is 0.599. The van der Waals surface area contributed by atoms with Crippen LogP contribution in [0.15, 0.2) is 0 Å². The van der Waals surface area contributed by atoms with E-state index in [0.717, 1.165) is 12.0 Å². The van der Waals surface area contributed by atoms with Crippen LogP contribution in [0.1, 0.15) is 20.8 Å². The van der Waals surface area contributed by atoms with Crippen molar-refractivity contribution in [2.75, 3.05) is 0 Å². The first kappa shape index (κ1) is 8.74. The van der Waals surface area contributed by atoms with E-state index in [0.29, 0.717) is 5.66 Å². The molecule has 2 unspecified atom stereocenters. The first-order valence-corrected chi connectivity index (χ1v) is 4.03. The molecule has 0 aromatic heterocycles. The van der Waals surface area contributed by atoms with Crippen LogP contribution < -0.4 is 0 Å². The maximum atomic E-state index is 8.67. The Bertz CT molecular complexity index is 72.8. The van der Waals surface area contributed by atoms with Gasteiger partial charge in [0.2, 0.25) is 0 Å². The minimum absolute atomic E-state index is 0.0231. The van der Waals surface area contributed by atoms with Gasteiger partial charge in [0.1, 0.15) is 0 Å². The zero-order valence-corrected chi connectivity index (χ0v) is 7.48. The molecule has 0 aliphatic heterocycles. The van der Waals surface area contributed by atoms with Crippen molar-refractivity contribution in [1.82, 2.24) is 0 Å². The highest BCUT2D eigenvalue weighted by Crippen LogP contribution is 2.29. The zero-order chi connectivity index (χ0) is 6.78. The molecule has 0 radical (unpaired) electrons. The second-order valence-electron chi connectivity index (χ2n) is 2.48. The summed E-state index contributed by atoms with van der Waals surface area (Å²) in [6.45, 7) is 6.08. The van der Waals surface area contributed by atoms with Gasteiger partial charge in [-0.2, -0.15) is 0 Å². The van der Waals surface area contributed by atoms with Gasteiger partial charge in [-0.25, -0.2) is 0 Å². The molecule has 0 aromatic carbocycles. The Morgan fingerprint density at radius 2 is 2.00 bits per heavy atom.